The average Bonchev–Trinajstić information content (AvgIpc) is 2.66. The van der Waals surface area contributed by atoms with Crippen molar-refractivity contribution in [1.82, 2.24) is 4.90 Å². The van der Waals surface area contributed by atoms with Crippen LogP contribution in [-0.2, 0) is 4.74 Å². The Morgan fingerprint density at radius 2 is 2.37 bits per heavy atom. The van der Waals surface area contributed by atoms with Crippen molar-refractivity contribution in [2.45, 2.75) is 25.9 Å². The number of nitrogens with zero attached hydrogens (tertiary/aromatic N) is 1. The SMILES string of the molecule is CCC1CN(C(=O)c2ccc(F)c(Br)c2)CCCO1. The molecule has 0 bridgehead atoms. The van der Waals surface area contributed by atoms with Crippen LogP contribution in [0, 0.1) is 5.82 Å². The summed E-state index contributed by atoms with van der Waals surface area (Å²) in [5.74, 6) is -0.424. The molecule has 1 saturated heterocycles. The van der Waals surface area contributed by atoms with Gasteiger partial charge in [-0.2, -0.15) is 0 Å². The van der Waals surface area contributed by atoms with E-state index in [1.807, 2.05) is 6.92 Å². The van der Waals surface area contributed by atoms with E-state index in [0.717, 1.165) is 12.8 Å². The highest BCUT2D eigenvalue weighted by molar-refractivity contribution is 9.10. The molecular weight excluding hydrogens is 313 g/mol. The zero-order valence-electron chi connectivity index (χ0n) is 10.9. The molecule has 0 N–H and O–H groups in total. The fraction of sp³-hybridized carbons (Fsp3) is 0.500. The predicted molar refractivity (Wildman–Crippen MR) is 74.7 cm³/mol. The summed E-state index contributed by atoms with van der Waals surface area (Å²) < 4.78 is 19.2. The van der Waals surface area contributed by atoms with Crippen LogP contribution in [0.1, 0.15) is 30.1 Å². The molecule has 1 aromatic carbocycles. The minimum atomic E-state index is -0.359. The van der Waals surface area contributed by atoms with E-state index in [4.69, 9.17) is 4.74 Å². The smallest absolute Gasteiger partial charge is 0.253 e. The molecule has 1 amide bonds. The van der Waals surface area contributed by atoms with E-state index >= 15 is 0 Å². The second-order valence-electron chi connectivity index (χ2n) is 4.63. The molecule has 1 aliphatic rings. The third kappa shape index (κ3) is 3.54. The first-order valence-electron chi connectivity index (χ1n) is 6.47. The van der Waals surface area contributed by atoms with Gasteiger partial charge < -0.3 is 9.64 Å². The highest BCUT2D eigenvalue weighted by Crippen LogP contribution is 2.19. The fourth-order valence-corrected chi connectivity index (χ4v) is 2.52. The first-order valence-corrected chi connectivity index (χ1v) is 7.27. The summed E-state index contributed by atoms with van der Waals surface area (Å²) in [6.07, 6.45) is 1.82. The summed E-state index contributed by atoms with van der Waals surface area (Å²) in [7, 11) is 0. The number of carbonyl (C=O) groups is 1. The largest absolute Gasteiger partial charge is 0.376 e. The maximum Gasteiger partial charge on any atom is 0.253 e. The van der Waals surface area contributed by atoms with Gasteiger partial charge in [0.2, 0.25) is 0 Å². The third-order valence-electron chi connectivity index (χ3n) is 3.26. The molecule has 0 aliphatic carbocycles. The number of rotatable bonds is 2. The topological polar surface area (TPSA) is 29.5 Å². The van der Waals surface area contributed by atoms with Crippen LogP contribution in [0.25, 0.3) is 0 Å². The third-order valence-corrected chi connectivity index (χ3v) is 3.87. The maximum atomic E-state index is 13.2. The van der Waals surface area contributed by atoms with E-state index in [-0.39, 0.29) is 17.8 Å². The molecule has 1 unspecified atom stereocenters. The van der Waals surface area contributed by atoms with Crippen LogP contribution in [0.15, 0.2) is 22.7 Å². The van der Waals surface area contributed by atoms with E-state index in [9.17, 15) is 9.18 Å². The van der Waals surface area contributed by atoms with Gasteiger partial charge in [-0.3, -0.25) is 4.79 Å². The minimum absolute atomic E-state index is 0.0651. The zero-order valence-corrected chi connectivity index (χ0v) is 12.5. The maximum absolute atomic E-state index is 13.2. The van der Waals surface area contributed by atoms with Gasteiger partial charge in [0.15, 0.2) is 0 Å². The molecular formula is C14H17BrFNO2. The lowest BCUT2D eigenvalue weighted by Gasteiger charge is -2.23. The molecule has 1 aromatic rings. The van der Waals surface area contributed by atoms with Crippen LogP contribution in [0.4, 0.5) is 4.39 Å². The number of amides is 1. The highest BCUT2D eigenvalue weighted by atomic mass is 79.9. The molecule has 1 atom stereocenters. The molecule has 0 spiro atoms. The Hall–Kier alpha value is -0.940. The standard InChI is InChI=1S/C14H17BrFNO2/c1-2-11-9-17(6-3-7-19-11)14(18)10-4-5-13(16)12(15)8-10/h4-5,8,11H,2-3,6-7,9H2,1H3. The van der Waals surface area contributed by atoms with Crippen molar-refractivity contribution in [2.24, 2.45) is 0 Å². The summed E-state index contributed by atoms with van der Waals surface area (Å²) in [5, 5.41) is 0. The second kappa shape index (κ2) is 6.48. The summed E-state index contributed by atoms with van der Waals surface area (Å²) in [6, 6.07) is 4.36. The van der Waals surface area contributed by atoms with Gasteiger partial charge in [0, 0.05) is 25.3 Å². The Balaban J connectivity index is 2.15. The molecule has 1 heterocycles. The average molecular weight is 330 g/mol. The van der Waals surface area contributed by atoms with Crippen molar-refractivity contribution in [3.63, 3.8) is 0 Å². The summed E-state index contributed by atoms with van der Waals surface area (Å²) in [4.78, 5) is 14.2. The van der Waals surface area contributed by atoms with Crippen molar-refractivity contribution < 1.29 is 13.9 Å². The first-order chi connectivity index (χ1) is 9.11. The fourth-order valence-electron chi connectivity index (χ4n) is 2.14. The molecule has 0 saturated carbocycles. The lowest BCUT2D eigenvalue weighted by molar-refractivity contribution is 0.0460. The van der Waals surface area contributed by atoms with Crippen LogP contribution in [-0.4, -0.2) is 36.6 Å². The van der Waals surface area contributed by atoms with Crippen LogP contribution in [0.3, 0.4) is 0 Å². The van der Waals surface area contributed by atoms with Gasteiger partial charge in [0.1, 0.15) is 5.82 Å². The predicted octanol–water partition coefficient (Wildman–Crippen LogP) is 3.23. The van der Waals surface area contributed by atoms with Gasteiger partial charge >= 0.3 is 0 Å². The van der Waals surface area contributed by atoms with Crippen molar-refractivity contribution >= 4 is 21.8 Å². The van der Waals surface area contributed by atoms with Gasteiger partial charge in [-0.25, -0.2) is 4.39 Å². The molecule has 104 valence electrons. The van der Waals surface area contributed by atoms with Crippen molar-refractivity contribution in [1.29, 1.82) is 0 Å². The first kappa shape index (κ1) is 14.5. The Morgan fingerprint density at radius 3 is 3.05 bits per heavy atom. The molecule has 1 fully saturated rings. The van der Waals surface area contributed by atoms with E-state index < -0.39 is 0 Å². The van der Waals surface area contributed by atoms with Crippen molar-refractivity contribution in [3.05, 3.63) is 34.1 Å². The summed E-state index contributed by atoms with van der Waals surface area (Å²) >= 11 is 3.11. The minimum Gasteiger partial charge on any atom is -0.376 e. The molecule has 2 rings (SSSR count). The highest BCUT2D eigenvalue weighted by Gasteiger charge is 2.22. The molecule has 5 heteroatoms. The number of carbonyl (C=O) groups excluding carboxylic acids is 1. The Labute approximate surface area is 120 Å². The molecule has 0 radical (unpaired) electrons. The number of benzene rings is 1. The lowest BCUT2D eigenvalue weighted by atomic mass is 10.1. The van der Waals surface area contributed by atoms with Gasteiger partial charge in [0.25, 0.3) is 5.91 Å². The number of halogens is 2. The van der Waals surface area contributed by atoms with Crippen LogP contribution >= 0.6 is 15.9 Å². The number of hydrogen-bond acceptors (Lipinski definition) is 2. The second-order valence-corrected chi connectivity index (χ2v) is 5.49. The van der Waals surface area contributed by atoms with Crippen LogP contribution in [0.2, 0.25) is 0 Å². The molecule has 19 heavy (non-hydrogen) atoms. The number of ether oxygens (including phenoxy) is 1. The lowest BCUT2D eigenvalue weighted by Crippen LogP contribution is -2.36. The summed E-state index contributed by atoms with van der Waals surface area (Å²) in [5.41, 5.74) is 0.505. The van der Waals surface area contributed by atoms with Crippen molar-refractivity contribution in [3.8, 4) is 0 Å². The van der Waals surface area contributed by atoms with Gasteiger partial charge in [-0.05, 0) is 47.0 Å². The molecule has 0 aromatic heterocycles. The molecule has 3 nitrogen and oxygen atoms in total. The van der Waals surface area contributed by atoms with E-state index in [0.29, 0.717) is 29.7 Å². The quantitative estimate of drug-likeness (QED) is 0.833. The zero-order chi connectivity index (χ0) is 13.8. The Kier molecular flexibility index (Phi) is 4.93. The Morgan fingerprint density at radius 1 is 1.58 bits per heavy atom. The van der Waals surface area contributed by atoms with E-state index in [1.165, 1.54) is 18.2 Å². The molecule has 1 aliphatic heterocycles. The van der Waals surface area contributed by atoms with Crippen molar-refractivity contribution in [2.75, 3.05) is 19.7 Å². The van der Waals surface area contributed by atoms with E-state index in [2.05, 4.69) is 15.9 Å². The van der Waals surface area contributed by atoms with E-state index in [1.54, 1.807) is 4.90 Å². The Bertz CT molecular complexity index is 467. The summed E-state index contributed by atoms with van der Waals surface area (Å²) in [6.45, 7) is 4.02. The van der Waals surface area contributed by atoms with Crippen LogP contribution in [0.5, 0.6) is 0 Å². The van der Waals surface area contributed by atoms with Gasteiger partial charge in [-0.1, -0.05) is 6.92 Å². The van der Waals surface area contributed by atoms with Gasteiger partial charge in [-0.15, -0.1) is 0 Å². The van der Waals surface area contributed by atoms with Crippen LogP contribution < -0.4 is 0 Å². The van der Waals surface area contributed by atoms with Gasteiger partial charge in [0.05, 0.1) is 10.6 Å². The number of hydrogen-bond donors (Lipinski definition) is 0. The normalized spacial score (nSPS) is 20.2. The monoisotopic (exact) mass is 329 g/mol.